The number of hydrogen-bond donors (Lipinski definition) is 1. The monoisotopic (exact) mass is 280 g/mol. The average molecular weight is 281 g/mol. The molecule has 2 nitrogen and oxygen atoms in total. The van der Waals surface area contributed by atoms with Gasteiger partial charge in [0.15, 0.2) is 5.78 Å². The zero-order valence-electron chi connectivity index (χ0n) is 10.3. The number of aliphatic hydroxyl groups is 1. The minimum absolute atomic E-state index is 0. The first-order valence-electron chi connectivity index (χ1n) is 6.72. The van der Waals surface area contributed by atoms with E-state index in [0.717, 1.165) is 25.7 Å². The SMILES string of the molecule is O=C(/C=C(\O)C1CCCC1)C1CCCCC1.[Ni]. The van der Waals surface area contributed by atoms with Crippen LogP contribution in [0.15, 0.2) is 11.8 Å². The van der Waals surface area contributed by atoms with E-state index in [9.17, 15) is 9.90 Å². The zero-order chi connectivity index (χ0) is 11.4. The van der Waals surface area contributed by atoms with Gasteiger partial charge in [-0.1, -0.05) is 32.1 Å². The molecule has 2 aliphatic rings. The molecule has 0 radical (unpaired) electrons. The fraction of sp³-hybridized carbons (Fsp3) is 0.786. The predicted molar refractivity (Wildman–Crippen MR) is 64.3 cm³/mol. The fourth-order valence-electron chi connectivity index (χ4n) is 2.99. The van der Waals surface area contributed by atoms with Crippen molar-refractivity contribution < 1.29 is 26.4 Å². The van der Waals surface area contributed by atoms with E-state index in [0.29, 0.717) is 5.76 Å². The number of carbonyl (C=O) groups is 1. The van der Waals surface area contributed by atoms with E-state index in [1.54, 1.807) is 0 Å². The molecule has 0 bridgehead atoms. The Hall–Kier alpha value is -0.296. The summed E-state index contributed by atoms with van der Waals surface area (Å²) >= 11 is 0. The summed E-state index contributed by atoms with van der Waals surface area (Å²) in [7, 11) is 0. The Balaban J connectivity index is 0.00000144. The third kappa shape index (κ3) is 4.14. The van der Waals surface area contributed by atoms with Gasteiger partial charge < -0.3 is 5.11 Å². The number of rotatable bonds is 3. The molecule has 0 heterocycles. The molecule has 0 aromatic rings. The average Bonchev–Trinajstić information content (AvgIpc) is 2.83. The van der Waals surface area contributed by atoms with Crippen molar-refractivity contribution in [1.82, 2.24) is 0 Å². The minimum atomic E-state index is 0. The molecule has 0 atom stereocenters. The molecule has 2 saturated carbocycles. The normalized spacial score (nSPS) is 23.4. The van der Waals surface area contributed by atoms with Crippen LogP contribution in [0.25, 0.3) is 0 Å². The van der Waals surface area contributed by atoms with E-state index >= 15 is 0 Å². The Morgan fingerprint density at radius 3 is 1.94 bits per heavy atom. The van der Waals surface area contributed by atoms with Crippen molar-refractivity contribution in [2.24, 2.45) is 11.8 Å². The molecule has 0 amide bonds. The maximum Gasteiger partial charge on any atom is 0.162 e. The van der Waals surface area contributed by atoms with E-state index in [-0.39, 0.29) is 34.1 Å². The van der Waals surface area contributed by atoms with Gasteiger partial charge in [-0.25, -0.2) is 0 Å². The number of hydrogen-bond acceptors (Lipinski definition) is 2. The van der Waals surface area contributed by atoms with E-state index in [1.165, 1.54) is 38.2 Å². The number of aliphatic hydroxyl groups excluding tert-OH is 1. The van der Waals surface area contributed by atoms with Gasteiger partial charge in [-0.05, 0) is 25.7 Å². The van der Waals surface area contributed by atoms with Gasteiger partial charge in [0, 0.05) is 34.4 Å². The Kier molecular flexibility index (Phi) is 6.26. The van der Waals surface area contributed by atoms with Crippen molar-refractivity contribution in [3.8, 4) is 0 Å². The van der Waals surface area contributed by atoms with Crippen LogP contribution < -0.4 is 0 Å². The molecule has 2 fully saturated rings. The second-order valence-corrected chi connectivity index (χ2v) is 5.29. The Bertz CT molecular complexity index is 274. The Morgan fingerprint density at radius 1 is 0.882 bits per heavy atom. The van der Waals surface area contributed by atoms with Crippen molar-refractivity contribution in [2.45, 2.75) is 57.8 Å². The van der Waals surface area contributed by atoms with E-state index in [1.807, 2.05) is 0 Å². The smallest absolute Gasteiger partial charge is 0.162 e. The van der Waals surface area contributed by atoms with Gasteiger partial charge in [-0.2, -0.15) is 0 Å². The van der Waals surface area contributed by atoms with Crippen LogP contribution in [0.4, 0.5) is 0 Å². The van der Waals surface area contributed by atoms with E-state index in [4.69, 9.17) is 0 Å². The van der Waals surface area contributed by atoms with Crippen molar-refractivity contribution in [3.63, 3.8) is 0 Å². The first-order chi connectivity index (χ1) is 7.77. The molecule has 100 valence electrons. The maximum atomic E-state index is 11.9. The van der Waals surface area contributed by atoms with Gasteiger partial charge in [-0.15, -0.1) is 0 Å². The molecule has 17 heavy (non-hydrogen) atoms. The second-order valence-electron chi connectivity index (χ2n) is 5.29. The molecule has 0 unspecified atom stereocenters. The van der Waals surface area contributed by atoms with Crippen LogP contribution in [0.5, 0.6) is 0 Å². The summed E-state index contributed by atoms with van der Waals surface area (Å²) in [6.07, 6.45) is 11.7. The van der Waals surface area contributed by atoms with Crippen LogP contribution in [0.2, 0.25) is 0 Å². The van der Waals surface area contributed by atoms with Crippen molar-refractivity contribution >= 4 is 5.78 Å². The molecule has 1 N–H and O–H groups in total. The number of ketones is 1. The molecular weight excluding hydrogens is 259 g/mol. The summed E-state index contributed by atoms with van der Waals surface area (Å²) in [5, 5.41) is 9.89. The van der Waals surface area contributed by atoms with Crippen molar-refractivity contribution in [1.29, 1.82) is 0 Å². The van der Waals surface area contributed by atoms with Gasteiger partial charge in [0.25, 0.3) is 0 Å². The number of allylic oxidation sites excluding steroid dienone is 2. The summed E-state index contributed by atoms with van der Waals surface area (Å²) in [6, 6.07) is 0. The topological polar surface area (TPSA) is 37.3 Å². The molecule has 0 saturated heterocycles. The molecule has 0 spiro atoms. The van der Waals surface area contributed by atoms with Gasteiger partial charge in [0.05, 0.1) is 5.76 Å². The Morgan fingerprint density at radius 2 is 1.35 bits per heavy atom. The first kappa shape index (κ1) is 14.8. The van der Waals surface area contributed by atoms with Crippen LogP contribution in [-0.2, 0) is 21.3 Å². The fourth-order valence-corrected chi connectivity index (χ4v) is 2.99. The van der Waals surface area contributed by atoms with Crippen LogP contribution in [0.3, 0.4) is 0 Å². The summed E-state index contributed by atoms with van der Waals surface area (Å²) < 4.78 is 0. The third-order valence-electron chi connectivity index (χ3n) is 4.07. The largest absolute Gasteiger partial charge is 0.512 e. The van der Waals surface area contributed by atoms with E-state index < -0.39 is 0 Å². The molecule has 2 aliphatic carbocycles. The molecule has 0 aliphatic heterocycles. The van der Waals surface area contributed by atoms with Crippen molar-refractivity contribution in [3.05, 3.63) is 11.8 Å². The van der Waals surface area contributed by atoms with Crippen LogP contribution in [-0.4, -0.2) is 10.9 Å². The molecule has 0 aromatic heterocycles. The Labute approximate surface area is 114 Å². The maximum absolute atomic E-state index is 11.9. The van der Waals surface area contributed by atoms with Gasteiger partial charge in [0.1, 0.15) is 0 Å². The standard InChI is InChI=1S/C14H22O2.Ni/c15-13(11-6-2-1-3-7-11)10-14(16)12-8-4-5-9-12;/h10-12,16H,1-9H2;/b14-10-;. The minimum Gasteiger partial charge on any atom is -0.512 e. The van der Waals surface area contributed by atoms with Crippen LogP contribution >= 0.6 is 0 Å². The third-order valence-corrected chi connectivity index (χ3v) is 4.07. The zero-order valence-corrected chi connectivity index (χ0v) is 11.3. The van der Waals surface area contributed by atoms with E-state index in [2.05, 4.69) is 0 Å². The molecule has 2 rings (SSSR count). The summed E-state index contributed by atoms with van der Waals surface area (Å²) in [5.74, 6) is 0.988. The van der Waals surface area contributed by atoms with Gasteiger partial charge in [0.2, 0.25) is 0 Å². The molecule has 3 heteroatoms. The quantitative estimate of drug-likeness (QED) is 0.485. The van der Waals surface area contributed by atoms with Gasteiger partial charge in [-0.3, -0.25) is 4.79 Å². The first-order valence-corrected chi connectivity index (χ1v) is 6.72. The molecular formula is C14H22NiO2. The summed E-state index contributed by atoms with van der Waals surface area (Å²) in [5.41, 5.74) is 0. The summed E-state index contributed by atoms with van der Waals surface area (Å²) in [6.45, 7) is 0. The van der Waals surface area contributed by atoms with Crippen LogP contribution in [0, 0.1) is 11.8 Å². The van der Waals surface area contributed by atoms with Gasteiger partial charge >= 0.3 is 0 Å². The van der Waals surface area contributed by atoms with Crippen molar-refractivity contribution in [2.75, 3.05) is 0 Å². The summed E-state index contributed by atoms with van der Waals surface area (Å²) in [4.78, 5) is 11.9. The predicted octanol–water partition coefficient (Wildman–Crippen LogP) is 3.77. The number of carbonyl (C=O) groups excluding carboxylic acids is 1. The van der Waals surface area contributed by atoms with Crippen LogP contribution in [0.1, 0.15) is 57.8 Å². The second kappa shape index (κ2) is 7.21. The molecule has 0 aromatic carbocycles.